The molecule has 0 atom stereocenters. The van der Waals surface area contributed by atoms with Gasteiger partial charge in [-0.1, -0.05) is 178 Å². The molecule has 4 aliphatic rings. The second-order valence-corrected chi connectivity index (χ2v) is 17.1. The summed E-state index contributed by atoms with van der Waals surface area (Å²) in [6.07, 6.45) is 0. The van der Waals surface area contributed by atoms with Gasteiger partial charge >= 0.3 is 0 Å². The fourth-order valence-electron chi connectivity index (χ4n) is 11.2. The third-order valence-electron chi connectivity index (χ3n) is 13.8. The zero-order valence-electron chi connectivity index (χ0n) is 33.8. The summed E-state index contributed by atoms with van der Waals surface area (Å²) in [7, 11) is 0. The van der Waals surface area contributed by atoms with E-state index in [0.717, 1.165) is 39.5 Å². The van der Waals surface area contributed by atoms with Crippen LogP contribution in [-0.4, -0.2) is 0 Å². The summed E-state index contributed by atoms with van der Waals surface area (Å²) >= 11 is 0. The highest BCUT2D eigenvalue weighted by Gasteiger charge is 2.53. The molecular weight excluding hydrogens is 743 g/mol. The van der Waals surface area contributed by atoms with E-state index in [-0.39, 0.29) is 5.41 Å². The van der Waals surface area contributed by atoms with Crippen molar-refractivity contribution in [2.45, 2.75) is 24.7 Å². The molecule has 0 N–H and O–H groups in total. The van der Waals surface area contributed by atoms with Crippen LogP contribution in [0.3, 0.4) is 0 Å². The van der Waals surface area contributed by atoms with Crippen LogP contribution in [0, 0.1) is 0 Å². The van der Waals surface area contributed by atoms with Crippen LogP contribution in [0.5, 0.6) is 23.0 Å². The van der Waals surface area contributed by atoms with E-state index in [4.69, 9.17) is 9.47 Å². The lowest BCUT2D eigenvalue weighted by molar-refractivity contribution is 0.361. The number of anilines is 3. The van der Waals surface area contributed by atoms with Crippen molar-refractivity contribution in [2.75, 3.05) is 4.90 Å². The second kappa shape index (κ2) is 12.5. The molecule has 1 heterocycles. The van der Waals surface area contributed by atoms with Gasteiger partial charge in [0.2, 0.25) is 0 Å². The van der Waals surface area contributed by atoms with Crippen molar-refractivity contribution in [1.29, 1.82) is 0 Å². The summed E-state index contributed by atoms with van der Waals surface area (Å²) in [5.74, 6) is 2.81. The van der Waals surface area contributed by atoms with Crippen LogP contribution in [0.25, 0.3) is 44.5 Å². The summed E-state index contributed by atoms with van der Waals surface area (Å²) in [5, 5.41) is 0. The number of benzene rings is 9. The minimum atomic E-state index is -0.474. The van der Waals surface area contributed by atoms with E-state index in [1.54, 1.807) is 0 Å². The first-order valence-electron chi connectivity index (χ1n) is 21.2. The zero-order valence-corrected chi connectivity index (χ0v) is 33.8. The molecule has 3 nitrogen and oxygen atoms in total. The lowest BCUT2D eigenvalue weighted by Gasteiger charge is -2.33. The summed E-state index contributed by atoms with van der Waals surface area (Å²) < 4.78 is 14.5. The largest absolute Gasteiger partial charge is 0.449 e. The fraction of sp³-hybridized carbons (Fsp3) is 0.0690. The molecule has 288 valence electrons. The molecule has 9 aromatic rings. The highest BCUT2D eigenvalue weighted by atomic mass is 16.6. The predicted molar refractivity (Wildman–Crippen MR) is 247 cm³/mol. The van der Waals surface area contributed by atoms with Gasteiger partial charge in [-0.05, 0) is 103 Å². The lowest BCUT2D eigenvalue weighted by atomic mass is 9.70. The molecule has 0 fully saturated rings. The van der Waals surface area contributed by atoms with Gasteiger partial charge in [-0.3, -0.25) is 0 Å². The molecule has 1 aliphatic heterocycles. The lowest BCUT2D eigenvalue weighted by Crippen LogP contribution is -2.25. The fourth-order valence-corrected chi connectivity index (χ4v) is 11.2. The molecule has 0 amide bonds. The highest BCUT2D eigenvalue weighted by molar-refractivity contribution is 5.99. The Morgan fingerprint density at radius 3 is 1.61 bits per heavy atom. The van der Waals surface area contributed by atoms with E-state index >= 15 is 0 Å². The SMILES string of the molecule is CC1(C)c2ccccc2-c2ccc(N(c3ccccc3-c3ccccc3)c3cccc4c3Oc3ccc5c(c3O4)-c3ccccc3C53c4ccccc4-c4ccccc43)cc21. The van der Waals surface area contributed by atoms with E-state index in [0.29, 0.717) is 17.2 Å². The van der Waals surface area contributed by atoms with Crippen molar-refractivity contribution < 1.29 is 9.47 Å². The van der Waals surface area contributed by atoms with Crippen molar-refractivity contribution in [2.24, 2.45) is 0 Å². The van der Waals surface area contributed by atoms with Crippen LogP contribution in [0.1, 0.15) is 47.2 Å². The molecule has 0 bridgehead atoms. The van der Waals surface area contributed by atoms with E-state index in [1.807, 2.05) is 6.07 Å². The average Bonchev–Trinajstić information content (AvgIpc) is 3.88. The van der Waals surface area contributed by atoms with Crippen LogP contribution < -0.4 is 14.4 Å². The summed E-state index contributed by atoms with van der Waals surface area (Å²) in [4.78, 5) is 2.36. The highest BCUT2D eigenvalue weighted by Crippen LogP contribution is 2.67. The van der Waals surface area contributed by atoms with Gasteiger partial charge in [0.1, 0.15) is 0 Å². The van der Waals surface area contributed by atoms with Gasteiger partial charge in [-0.25, -0.2) is 0 Å². The minimum absolute atomic E-state index is 0.171. The van der Waals surface area contributed by atoms with E-state index < -0.39 is 5.41 Å². The smallest absolute Gasteiger partial charge is 0.194 e. The van der Waals surface area contributed by atoms with Crippen LogP contribution in [-0.2, 0) is 10.8 Å². The van der Waals surface area contributed by atoms with Gasteiger partial charge < -0.3 is 14.4 Å². The van der Waals surface area contributed by atoms with Crippen molar-refractivity contribution >= 4 is 17.1 Å². The quantitative estimate of drug-likeness (QED) is 0.177. The number of fused-ring (bicyclic) bond motifs is 16. The molecule has 3 heteroatoms. The molecule has 0 radical (unpaired) electrons. The normalized spacial score (nSPS) is 14.6. The van der Waals surface area contributed by atoms with Gasteiger partial charge in [0.05, 0.1) is 16.8 Å². The van der Waals surface area contributed by atoms with Gasteiger partial charge in [-0.15, -0.1) is 0 Å². The molecule has 0 aromatic heterocycles. The molecule has 9 aromatic carbocycles. The van der Waals surface area contributed by atoms with Crippen LogP contribution in [0.15, 0.2) is 200 Å². The van der Waals surface area contributed by atoms with E-state index in [2.05, 4.69) is 213 Å². The number of hydrogen-bond acceptors (Lipinski definition) is 3. The number of para-hydroxylation sites is 2. The number of rotatable bonds is 4. The Morgan fingerprint density at radius 2 is 0.885 bits per heavy atom. The molecule has 13 rings (SSSR count). The number of nitrogens with zero attached hydrogens (tertiary/aromatic N) is 1. The van der Waals surface area contributed by atoms with Crippen molar-refractivity contribution in [3.05, 3.63) is 234 Å². The molecule has 0 saturated carbocycles. The zero-order chi connectivity index (χ0) is 40.5. The first-order valence-corrected chi connectivity index (χ1v) is 21.2. The standard InChI is InChI=1S/C58H39NO2/c1-57(2)44-24-11-6-20-39(44)42-32-31-37(35-49(42)57)59(50-28-15-10-19-38(50)36-17-4-3-5-18-36)51-29-16-30-52-55(51)60-53-34-33-48-54(56(53)61-52)43-23-9-14-27-47(43)58(48)45-25-12-7-21-40(45)41-22-8-13-26-46(41)58/h3-35H,1-2H3. The van der Waals surface area contributed by atoms with Crippen molar-refractivity contribution in [3.8, 4) is 67.5 Å². The van der Waals surface area contributed by atoms with E-state index in [1.165, 1.54) is 61.2 Å². The Labute approximate surface area is 355 Å². The maximum atomic E-state index is 7.23. The first kappa shape index (κ1) is 34.3. The number of hydrogen-bond donors (Lipinski definition) is 0. The first-order chi connectivity index (χ1) is 30.0. The maximum Gasteiger partial charge on any atom is 0.194 e. The Bertz CT molecular complexity index is 3260. The van der Waals surface area contributed by atoms with Crippen molar-refractivity contribution in [1.82, 2.24) is 0 Å². The Hall–Kier alpha value is -7.62. The Balaban J connectivity index is 1.01. The third-order valence-corrected chi connectivity index (χ3v) is 13.8. The van der Waals surface area contributed by atoms with Crippen LogP contribution >= 0.6 is 0 Å². The molecule has 0 unspecified atom stereocenters. The monoisotopic (exact) mass is 781 g/mol. The molecule has 1 spiro atoms. The Kier molecular flexibility index (Phi) is 6.99. The molecule has 0 saturated heterocycles. The second-order valence-electron chi connectivity index (χ2n) is 17.1. The van der Waals surface area contributed by atoms with Gasteiger partial charge in [0, 0.05) is 22.2 Å². The van der Waals surface area contributed by atoms with Crippen LogP contribution in [0.2, 0.25) is 0 Å². The summed E-state index contributed by atoms with van der Waals surface area (Å²) in [5.41, 5.74) is 19.8. The molecule has 61 heavy (non-hydrogen) atoms. The minimum Gasteiger partial charge on any atom is -0.449 e. The van der Waals surface area contributed by atoms with Gasteiger partial charge in [0.15, 0.2) is 23.0 Å². The van der Waals surface area contributed by atoms with Crippen molar-refractivity contribution in [3.63, 3.8) is 0 Å². The summed E-state index contributed by atoms with van der Waals surface area (Å²) in [6, 6.07) is 72.4. The molecule has 3 aliphatic carbocycles. The topological polar surface area (TPSA) is 21.7 Å². The van der Waals surface area contributed by atoms with Gasteiger partial charge in [0.25, 0.3) is 0 Å². The van der Waals surface area contributed by atoms with Gasteiger partial charge in [-0.2, -0.15) is 0 Å². The average molecular weight is 782 g/mol. The predicted octanol–water partition coefficient (Wildman–Crippen LogP) is 15.4. The van der Waals surface area contributed by atoms with E-state index in [9.17, 15) is 0 Å². The van der Waals surface area contributed by atoms with Crippen LogP contribution in [0.4, 0.5) is 17.1 Å². The molecular formula is C58H39NO2. The Morgan fingerprint density at radius 1 is 0.361 bits per heavy atom. The summed E-state index contributed by atoms with van der Waals surface area (Å²) in [6.45, 7) is 4.68. The number of ether oxygens (including phenoxy) is 2. The maximum absolute atomic E-state index is 7.23. The third kappa shape index (κ3) is 4.53.